The summed E-state index contributed by atoms with van der Waals surface area (Å²) in [5, 5.41) is 4.29. The summed E-state index contributed by atoms with van der Waals surface area (Å²) < 4.78 is 1.89. The van der Waals surface area contributed by atoms with E-state index in [1.54, 1.807) is 11.3 Å². The molecule has 0 amide bonds. The predicted molar refractivity (Wildman–Crippen MR) is 60.7 cm³/mol. The van der Waals surface area contributed by atoms with Gasteiger partial charge in [-0.2, -0.15) is 5.10 Å². The first kappa shape index (κ1) is 10.3. The fourth-order valence-corrected chi connectivity index (χ4v) is 2.21. The Hall–Kier alpha value is -1.20. The fourth-order valence-electron chi connectivity index (χ4n) is 1.59. The van der Waals surface area contributed by atoms with Crippen molar-refractivity contribution in [3.05, 3.63) is 34.0 Å². The highest BCUT2D eigenvalue weighted by atomic mass is 32.1. The summed E-state index contributed by atoms with van der Waals surface area (Å²) in [6.07, 6.45) is 2.64. The molecule has 2 N–H and O–H groups in total. The number of nitrogens with two attached hydrogens (primary N) is 1. The monoisotopic (exact) mass is 222 g/mol. The lowest BCUT2D eigenvalue weighted by molar-refractivity contribution is 0.645. The molecule has 2 aromatic heterocycles. The minimum atomic E-state index is 0.0206. The van der Waals surface area contributed by atoms with Gasteiger partial charge in [0.15, 0.2) is 0 Å². The van der Waals surface area contributed by atoms with Gasteiger partial charge in [-0.1, -0.05) is 0 Å². The van der Waals surface area contributed by atoms with Gasteiger partial charge in [-0.15, -0.1) is 11.3 Å². The van der Waals surface area contributed by atoms with Crippen LogP contribution in [0.15, 0.2) is 17.8 Å². The Balaban J connectivity index is 2.12. The van der Waals surface area contributed by atoms with Crippen molar-refractivity contribution in [2.45, 2.75) is 19.4 Å². The molecule has 0 fully saturated rings. The van der Waals surface area contributed by atoms with Gasteiger partial charge in [0.1, 0.15) is 0 Å². The molecule has 2 aromatic rings. The first-order chi connectivity index (χ1) is 7.16. The number of aryl methyl sites for hydroxylation is 2. The van der Waals surface area contributed by atoms with Crippen molar-refractivity contribution in [2.24, 2.45) is 12.8 Å². The molecule has 0 aliphatic heterocycles. The van der Waals surface area contributed by atoms with Crippen molar-refractivity contribution in [3.8, 4) is 0 Å². The summed E-state index contributed by atoms with van der Waals surface area (Å²) in [4.78, 5) is 5.15. The zero-order chi connectivity index (χ0) is 10.8. The van der Waals surface area contributed by atoms with Crippen molar-refractivity contribution in [1.82, 2.24) is 14.8 Å². The summed E-state index contributed by atoms with van der Waals surface area (Å²) in [5.74, 6) is 0. The van der Waals surface area contributed by atoms with Crippen LogP contribution < -0.4 is 5.73 Å². The van der Waals surface area contributed by atoms with Crippen molar-refractivity contribution in [2.75, 3.05) is 0 Å². The molecule has 0 aliphatic rings. The lowest BCUT2D eigenvalue weighted by atomic mass is 10.1. The van der Waals surface area contributed by atoms with Crippen LogP contribution >= 0.6 is 11.3 Å². The molecule has 0 saturated carbocycles. The maximum absolute atomic E-state index is 6.08. The average molecular weight is 222 g/mol. The van der Waals surface area contributed by atoms with Crippen LogP contribution in [0.2, 0.25) is 0 Å². The number of rotatable bonds is 3. The molecule has 1 atom stereocenters. The summed E-state index contributed by atoms with van der Waals surface area (Å²) >= 11 is 1.60. The van der Waals surface area contributed by atoms with E-state index in [0.717, 1.165) is 22.7 Å². The molecule has 4 nitrogen and oxygen atoms in total. The molecular formula is C10H14N4S. The van der Waals surface area contributed by atoms with E-state index in [4.69, 9.17) is 5.73 Å². The maximum atomic E-state index is 6.08. The topological polar surface area (TPSA) is 56.7 Å². The minimum absolute atomic E-state index is 0.0206. The van der Waals surface area contributed by atoms with E-state index in [0.29, 0.717) is 0 Å². The Labute approximate surface area is 92.8 Å². The van der Waals surface area contributed by atoms with Crippen LogP contribution in [-0.2, 0) is 13.5 Å². The van der Waals surface area contributed by atoms with Crippen LogP contribution in [0.25, 0.3) is 0 Å². The van der Waals surface area contributed by atoms with Gasteiger partial charge in [0, 0.05) is 36.3 Å². The number of nitrogens with zero attached hydrogens (tertiary/aromatic N) is 3. The van der Waals surface area contributed by atoms with Crippen LogP contribution in [0.3, 0.4) is 0 Å². The fraction of sp³-hybridized carbons (Fsp3) is 0.400. The van der Waals surface area contributed by atoms with Crippen molar-refractivity contribution in [1.29, 1.82) is 0 Å². The van der Waals surface area contributed by atoms with Crippen LogP contribution in [-0.4, -0.2) is 14.8 Å². The van der Waals surface area contributed by atoms with Gasteiger partial charge in [0.05, 0.1) is 11.2 Å². The summed E-state index contributed by atoms with van der Waals surface area (Å²) in [5.41, 5.74) is 10.1. The molecule has 15 heavy (non-hydrogen) atoms. The second kappa shape index (κ2) is 4.12. The van der Waals surface area contributed by atoms with Crippen molar-refractivity contribution < 1.29 is 0 Å². The number of aromatic nitrogens is 3. The smallest absolute Gasteiger partial charge is 0.0794 e. The molecule has 2 heterocycles. The Morgan fingerprint density at radius 1 is 1.60 bits per heavy atom. The van der Waals surface area contributed by atoms with E-state index in [1.165, 1.54) is 0 Å². The lowest BCUT2D eigenvalue weighted by Gasteiger charge is -2.08. The zero-order valence-electron chi connectivity index (χ0n) is 8.84. The van der Waals surface area contributed by atoms with E-state index >= 15 is 0 Å². The average Bonchev–Trinajstić information content (AvgIpc) is 2.76. The molecule has 0 spiro atoms. The molecule has 80 valence electrons. The molecule has 5 heteroatoms. The van der Waals surface area contributed by atoms with Gasteiger partial charge in [-0.25, -0.2) is 0 Å². The quantitative estimate of drug-likeness (QED) is 0.854. The molecule has 0 aliphatic carbocycles. The van der Waals surface area contributed by atoms with Gasteiger partial charge in [-0.3, -0.25) is 9.67 Å². The van der Waals surface area contributed by atoms with Crippen LogP contribution in [0, 0.1) is 6.92 Å². The number of thiazole rings is 1. The van der Waals surface area contributed by atoms with E-state index in [-0.39, 0.29) is 6.04 Å². The molecule has 1 unspecified atom stereocenters. The summed E-state index contributed by atoms with van der Waals surface area (Å²) in [7, 11) is 1.95. The Bertz CT molecular complexity index is 432. The normalized spacial score (nSPS) is 13.0. The van der Waals surface area contributed by atoms with Crippen molar-refractivity contribution in [3.63, 3.8) is 0 Å². The van der Waals surface area contributed by atoms with E-state index < -0.39 is 0 Å². The molecule has 0 saturated heterocycles. The van der Waals surface area contributed by atoms with Crippen molar-refractivity contribution >= 4 is 11.3 Å². The van der Waals surface area contributed by atoms with Gasteiger partial charge in [0.2, 0.25) is 0 Å². The Morgan fingerprint density at radius 2 is 2.40 bits per heavy atom. The highest BCUT2D eigenvalue weighted by Crippen LogP contribution is 2.19. The van der Waals surface area contributed by atoms with Gasteiger partial charge < -0.3 is 5.73 Å². The molecule has 2 rings (SSSR count). The second-order valence-corrected chi connectivity index (χ2v) is 4.53. The van der Waals surface area contributed by atoms with E-state index in [1.807, 2.05) is 30.4 Å². The molecule has 0 aromatic carbocycles. The van der Waals surface area contributed by atoms with Gasteiger partial charge in [-0.05, 0) is 13.0 Å². The molecule has 0 bridgehead atoms. The maximum Gasteiger partial charge on any atom is 0.0794 e. The zero-order valence-corrected chi connectivity index (χ0v) is 9.66. The lowest BCUT2D eigenvalue weighted by Crippen LogP contribution is -2.14. The first-order valence-corrected chi connectivity index (χ1v) is 5.68. The minimum Gasteiger partial charge on any atom is -0.323 e. The van der Waals surface area contributed by atoms with Crippen LogP contribution in [0.1, 0.15) is 22.3 Å². The highest BCUT2D eigenvalue weighted by molar-refractivity contribution is 7.09. The van der Waals surface area contributed by atoms with E-state index in [9.17, 15) is 0 Å². The SMILES string of the molecule is Cc1cc(CC(N)c2cncs2)n(C)n1. The first-order valence-electron chi connectivity index (χ1n) is 4.80. The van der Waals surface area contributed by atoms with Gasteiger partial charge in [0.25, 0.3) is 0 Å². The number of hydrogen-bond donors (Lipinski definition) is 1. The second-order valence-electron chi connectivity index (χ2n) is 3.62. The Morgan fingerprint density at radius 3 is 2.93 bits per heavy atom. The van der Waals surface area contributed by atoms with Crippen LogP contribution in [0.4, 0.5) is 0 Å². The van der Waals surface area contributed by atoms with Gasteiger partial charge >= 0.3 is 0 Å². The van der Waals surface area contributed by atoms with E-state index in [2.05, 4.69) is 16.1 Å². The summed E-state index contributed by atoms with van der Waals surface area (Å²) in [6.45, 7) is 1.99. The number of hydrogen-bond acceptors (Lipinski definition) is 4. The summed E-state index contributed by atoms with van der Waals surface area (Å²) in [6, 6.07) is 2.09. The molecular weight excluding hydrogens is 208 g/mol. The third kappa shape index (κ3) is 2.24. The standard InChI is InChI=1S/C10H14N4S/c1-7-3-8(14(2)13-7)4-9(11)10-5-12-6-15-10/h3,5-6,9H,4,11H2,1-2H3. The Kier molecular flexibility index (Phi) is 2.83. The molecule has 0 radical (unpaired) electrons. The highest BCUT2D eigenvalue weighted by Gasteiger charge is 2.11. The largest absolute Gasteiger partial charge is 0.323 e. The third-order valence-corrected chi connectivity index (χ3v) is 3.25. The predicted octanol–water partition coefficient (Wildman–Crippen LogP) is 1.43. The van der Waals surface area contributed by atoms with Crippen LogP contribution in [0.5, 0.6) is 0 Å². The third-order valence-electron chi connectivity index (χ3n) is 2.34.